The molecule has 1 unspecified atom stereocenters. The van der Waals surface area contributed by atoms with Gasteiger partial charge < -0.3 is 9.88 Å². The summed E-state index contributed by atoms with van der Waals surface area (Å²) in [6.45, 7) is 11.6. The average molecular weight is 393 g/mol. The number of nitrogens with one attached hydrogen (secondary N) is 1. The molecule has 1 N–H and O–H groups in total. The maximum absolute atomic E-state index is 14.2. The second kappa shape index (κ2) is 9.88. The third-order valence-corrected chi connectivity index (χ3v) is 5.13. The quantitative estimate of drug-likeness (QED) is 0.643. The highest BCUT2D eigenvalue weighted by Crippen LogP contribution is 2.29. The number of rotatable bonds is 9. The minimum Gasteiger partial charge on any atom is -0.355 e. The summed E-state index contributed by atoms with van der Waals surface area (Å²) in [5.74, 6) is 1.03. The number of benzene rings is 1. The van der Waals surface area contributed by atoms with E-state index in [1.165, 1.54) is 17.8 Å². The Morgan fingerprint density at radius 2 is 1.85 bits per heavy atom. The summed E-state index contributed by atoms with van der Waals surface area (Å²) in [6.07, 6.45) is 0.949. The van der Waals surface area contributed by atoms with Gasteiger partial charge in [-0.05, 0) is 37.3 Å². The lowest BCUT2D eigenvalue weighted by Crippen LogP contribution is -2.32. The molecule has 0 spiro atoms. The van der Waals surface area contributed by atoms with Gasteiger partial charge in [0.1, 0.15) is 5.82 Å². The normalized spacial score (nSPS) is 12.6. The van der Waals surface area contributed by atoms with Crippen LogP contribution in [-0.2, 0) is 11.3 Å². The Kier molecular flexibility index (Phi) is 7.83. The summed E-state index contributed by atoms with van der Waals surface area (Å²) >= 11 is 1.36. The maximum Gasteiger partial charge on any atom is 0.233 e. The van der Waals surface area contributed by atoms with Gasteiger partial charge in [0, 0.05) is 13.1 Å². The third-order valence-electron chi connectivity index (χ3n) is 4.05. The molecule has 0 bridgehead atoms. The lowest BCUT2D eigenvalue weighted by molar-refractivity contribution is -0.120. The van der Waals surface area contributed by atoms with Crippen molar-refractivity contribution in [2.24, 2.45) is 11.8 Å². The van der Waals surface area contributed by atoms with Crippen LogP contribution < -0.4 is 5.32 Å². The van der Waals surface area contributed by atoms with Gasteiger partial charge >= 0.3 is 0 Å². The van der Waals surface area contributed by atoms with Crippen LogP contribution >= 0.6 is 11.8 Å². The highest BCUT2D eigenvalue weighted by atomic mass is 32.2. The van der Waals surface area contributed by atoms with Crippen molar-refractivity contribution in [3.05, 3.63) is 30.1 Å². The Morgan fingerprint density at radius 3 is 2.48 bits per heavy atom. The maximum atomic E-state index is 14.2. The van der Waals surface area contributed by atoms with E-state index in [4.69, 9.17) is 0 Å². The van der Waals surface area contributed by atoms with Gasteiger partial charge in [0.15, 0.2) is 11.0 Å². The van der Waals surface area contributed by atoms with Gasteiger partial charge in [0.25, 0.3) is 0 Å². The predicted molar refractivity (Wildman–Crippen MR) is 108 cm³/mol. The van der Waals surface area contributed by atoms with Crippen LogP contribution in [0.25, 0.3) is 11.4 Å². The van der Waals surface area contributed by atoms with Crippen LogP contribution in [0, 0.1) is 17.7 Å². The van der Waals surface area contributed by atoms with Gasteiger partial charge in [-0.3, -0.25) is 4.79 Å². The van der Waals surface area contributed by atoms with Gasteiger partial charge in [0.05, 0.1) is 10.8 Å². The summed E-state index contributed by atoms with van der Waals surface area (Å²) in [5.41, 5.74) is 0.423. The fourth-order valence-corrected chi connectivity index (χ4v) is 3.47. The van der Waals surface area contributed by atoms with Crippen LogP contribution in [0.15, 0.2) is 29.4 Å². The van der Waals surface area contributed by atoms with E-state index in [0.717, 1.165) is 6.42 Å². The standard InChI is InChI=1S/C20H29FN4OS/c1-13(2)10-11-22-19(26)15(5)27-20-24-23-18(25(20)12-14(3)4)16-8-6-7-9-17(16)21/h6-9,13-15H,10-12H2,1-5H3,(H,22,26). The van der Waals surface area contributed by atoms with Gasteiger partial charge in [0.2, 0.25) is 5.91 Å². The SMILES string of the molecule is CC(C)CCNC(=O)C(C)Sc1nnc(-c2ccccc2F)n1CC(C)C. The number of hydrogen-bond acceptors (Lipinski definition) is 4. The summed E-state index contributed by atoms with van der Waals surface area (Å²) in [4.78, 5) is 12.3. The van der Waals surface area contributed by atoms with Crippen LogP contribution in [0.2, 0.25) is 0 Å². The summed E-state index contributed by atoms with van der Waals surface area (Å²) in [6, 6.07) is 6.56. The zero-order valence-corrected chi connectivity index (χ0v) is 17.5. The Bertz CT molecular complexity index is 760. The number of halogens is 1. The van der Waals surface area contributed by atoms with E-state index in [-0.39, 0.29) is 17.0 Å². The lowest BCUT2D eigenvalue weighted by atomic mass is 10.1. The molecule has 0 radical (unpaired) electrons. The average Bonchev–Trinajstić information content (AvgIpc) is 2.96. The molecule has 0 saturated carbocycles. The fraction of sp³-hybridized carbons (Fsp3) is 0.550. The monoisotopic (exact) mass is 392 g/mol. The van der Waals surface area contributed by atoms with Crippen molar-refractivity contribution in [2.45, 2.75) is 58.0 Å². The molecule has 0 aliphatic rings. The molecule has 7 heteroatoms. The molecule has 5 nitrogen and oxygen atoms in total. The number of carbonyl (C=O) groups excluding carboxylic acids is 1. The van der Waals surface area contributed by atoms with E-state index in [2.05, 4.69) is 43.2 Å². The van der Waals surface area contributed by atoms with Crippen LogP contribution in [0.1, 0.15) is 41.0 Å². The Hall–Kier alpha value is -1.89. The second-order valence-corrected chi connectivity index (χ2v) is 8.83. The number of amides is 1. The van der Waals surface area contributed by atoms with Crippen molar-refractivity contribution in [3.63, 3.8) is 0 Å². The molecule has 2 rings (SSSR count). The van der Waals surface area contributed by atoms with Crippen molar-refractivity contribution in [3.8, 4) is 11.4 Å². The minimum atomic E-state index is -0.328. The Labute approximate surface area is 165 Å². The number of aromatic nitrogens is 3. The molecular weight excluding hydrogens is 363 g/mol. The van der Waals surface area contributed by atoms with E-state index in [1.54, 1.807) is 18.2 Å². The smallest absolute Gasteiger partial charge is 0.233 e. The van der Waals surface area contributed by atoms with Crippen LogP contribution in [0.5, 0.6) is 0 Å². The molecule has 0 aliphatic carbocycles. The van der Waals surface area contributed by atoms with E-state index in [1.807, 2.05) is 11.5 Å². The van der Waals surface area contributed by atoms with E-state index in [9.17, 15) is 9.18 Å². The highest BCUT2D eigenvalue weighted by molar-refractivity contribution is 8.00. The first-order valence-corrected chi connectivity index (χ1v) is 10.3. The van der Waals surface area contributed by atoms with Gasteiger partial charge in [-0.1, -0.05) is 51.6 Å². The Balaban J connectivity index is 2.19. The van der Waals surface area contributed by atoms with Crippen LogP contribution in [-0.4, -0.2) is 32.5 Å². The second-order valence-electron chi connectivity index (χ2n) is 7.52. The number of hydrogen-bond donors (Lipinski definition) is 1. The van der Waals surface area contributed by atoms with Crippen molar-refractivity contribution >= 4 is 17.7 Å². The van der Waals surface area contributed by atoms with E-state index in [0.29, 0.717) is 41.5 Å². The van der Waals surface area contributed by atoms with Crippen LogP contribution in [0.4, 0.5) is 4.39 Å². The molecule has 1 heterocycles. The first kappa shape index (κ1) is 21.4. The van der Waals surface area contributed by atoms with Crippen molar-refractivity contribution in [2.75, 3.05) is 6.54 Å². The fourth-order valence-electron chi connectivity index (χ4n) is 2.59. The van der Waals surface area contributed by atoms with Gasteiger partial charge in [-0.2, -0.15) is 0 Å². The molecule has 2 aromatic rings. The molecule has 1 amide bonds. The predicted octanol–water partition coefficient (Wildman–Crippen LogP) is 4.38. The first-order chi connectivity index (χ1) is 12.8. The topological polar surface area (TPSA) is 59.8 Å². The van der Waals surface area contributed by atoms with Crippen LogP contribution in [0.3, 0.4) is 0 Å². The summed E-state index contributed by atoms with van der Waals surface area (Å²) in [7, 11) is 0. The molecule has 1 aromatic heterocycles. The molecule has 0 fully saturated rings. The van der Waals surface area contributed by atoms with Crippen molar-refractivity contribution < 1.29 is 9.18 Å². The van der Waals surface area contributed by atoms with E-state index < -0.39 is 0 Å². The number of nitrogens with zero attached hydrogens (tertiary/aromatic N) is 3. The molecule has 27 heavy (non-hydrogen) atoms. The zero-order valence-electron chi connectivity index (χ0n) is 16.7. The Morgan fingerprint density at radius 1 is 1.15 bits per heavy atom. The first-order valence-electron chi connectivity index (χ1n) is 9.42. The molecule has 0 saturated heterocycles. The molecule has 1 aromatic carbocycles. The lowest BCUT2D eigenvalue weighted by Gasteiger charge is -2.15. The van der Waals surface area contributed by atoms with Crippen molar-refractivity contribution in [1.82, 2.24) is 20.1 Å². The largest absolute Gasteiger partial charge is 0.355 e. The minimum absolute atomic E-state index is 0.0211. The third kappa shape index (κ3) is 6.06. The zero-order chi connectivity index (χ0) is 20.0. The summed E-state index contributed by atoms with van der Waals surface area (Å²) in [5, 5.41) is 11.8. The number of carbonyl (C=O) groups is 1. The van der Waals surface area contributed by atoms with Crippen molar-refractivity contribution in [1.29, 1.82) is 0 Å². The van der Waals surface area contributed by atoms with E-state index >= 15 is 0 Å². The highest BCUT2D eigenvalue weighted by Gasteiger charge is 2.22. The molecule has 0 aliphatic heterocycles. The molecular formula is C20H29FN4OS. The van der Waals surface area contributed by atoms with Gasteiger partial charge in [-0.15, -0.1) is 10.2 Å². The molecule has 1 atom stereocenters. The van der Waals surface area contributed by atoms with Gasteiger partial charge in [-0.25, -0.2) is 4.39 Å². The summed E-state index contributed by atoms with van der Waals surface area (Å²) < 4.78 is 16.2. The molecule has 148 valence electrons. The number of thioether (sulfide) groups is 1.